The molecule has 1 aromatic heterocycles. The molecule has 14 heavy (non-hydrogen) atoms. The van der Waals surface area contributed by atoms with Gasteiger partial charge < -0.3 is 5.11 Å². The molecule has 3 heteroatoms. The minimum Gasteiger partial charge on any atom is -0.396 e. The Labute approximate surface area is 82.4 Å². The van der Waals surface area contributed by atoms with Crippen molar-refractivity contribution in [3.05, 3.63) is 42.2 Å². The van der Waals surface area contributed by atoms with Crippen LogP contribution in [0.2, 0.25) is 0 Å². The van der Waals surface area contributed by atoms with E-state index in [1.54, 1.807) is 6.20 Å². The molecular formula is C11H12N2O. The van der Waals surface area contributed by atoms with Crippen LogP contribution in [-0.2, 0) is 6.42 Å². The highest BCUT2D eigenvalue weighted by molar-refractivity contribution is 5.62. The Balaban J connectivity index is 2.31. The molecule has 1 aromatic carbocycles. The molecule has 0 radical (unpaired) electrons. The number of nitrogens with zero attached hydrogens (tertiary/aromatic N) is 1. The standard InChI is InChI=1S/C11H12N2O/c14-5-4-9-2-1-3-10(6-9)11-7-12-13-8-11/h1-3,6-8,14H,4-5H2,(H,12,13). The second kappa shape index (κ2) is 4.07. The van der Waals surface area contributed by atoms with Gasteiger partial charge in [-0.25, -0.2) is 0 Å². The zero-order valence-electron chi connectivity index (χ0n) is 7.77. The fourth-order valence-electron chi connectivity index (χ4n) is 1.44. The molecular weight excluding hydrogens is 176 g/mol. The first-order chi connectivity index (χ1) is 6.90. The second-order valence-electron chi connectivity index (χ2n) is 3.16. The number of rotatable bonds is 3. The Kier molecular flexibility index (Phi) is 2.60. The van der Waals surface area contributed by atoms with Gasteiger partial charge in [-0.15, -0.1) is 0 Å². The van der Waals surface area contributed by atoms with Crippen LogP contribution in [0.3, 0.4) is 0 Å². The molecule has 0 unspecified atom stereocenters. The van der Waals surface area contributed by atoms with Crippen molar-refractivity contribution >= 4 is 0 Å². The molecule has 0 atom stereocenters. The molecule has 0 amide bonds. The van der Waals surface area contributed by atoms with Crippen LogP contribution >= 0.6 is 0 Å². The summed E-state index contributed by atoms with van der Waals surface area (Å²) in [5, 5.41) is 15.5. The lowest BCUT2D eigenvalue weighted by molar-refractivity contribution is 0.299. The van der Waals surface area contributed by atoms with Crippen LogP contribution in [0, 0.1) is 0 Å². The highest BCUT2D eigenvalue weighted by Crippen LogP contribution is 2.18. The third-order valence-electron chi connectivity index (χ3n) is 2.16. The van der Waals surface area contributed by atoms with Crippen LogP contribution in [0.15, 0.2) is 36.7 Å². The topological polar surface area (TPSA) is 48.9 Å². The number of hydrogen-bond acceptors (Lipinski definition) is 2. The number of aliphatic hydroxyl groups excluding tert-OH is 1. The third kappa shape index (κ3) is 1.83. The van der Waals surface area contributed by atoms with Gasteiger partial charge in [-0.1, -0.05) is 24.3 Å². The average molecular weight is 188 g/mol. The van der Waals surface area contributed by atoms with Crippen molar-refractivity contribution < 1.29 is 5.11 Å². The Morgan fingerprint density at radius 1 is 1.29 bits per heavy atom. The summed E-state index contributed by atoms with van der Waals surface area (Å²) < 4.78 is 0. The van der Waals surface area contributed by atoms with E-state index in [9.17, 15) is 0 Å². The molecule has 0 aliphatic heterocycles. The highest BCUT2D eigenvalue weighted by atomic mass is 16.2. The first kappa shape index (κ1) is 8.97. The van der Waals surface area contributed by atoms with Crippen LogP contribution in [-0.4, -0.2) is 21.9 Å². The van der Waals surface area contributed by atoms with Gasteiger partial charge in [-0.05, 0) is 17.5 Å². The average Bonchev–Trinajstić information content (AvgIpc) is 2.71. The van der Waals surface area contributed by atoms with Gasteiger partial charge in [-0.2, -0.15) is 5.10 Å². The predicted molar refractivity (Wildman–Crippen MR) is 54.8 cm³/mol. The van der Waals surface area contributed by atoms with Gasteiger partial charge in [0.15, 0.2) is 0 Å². The van der Waals surface area contributed by atoms with Gasteiger partial charge in [0, 0.05) is 18.4 Å². The van der Waals surface area contributed by atoms with Crippen molar-refractivity contribution in [1.82, 2.24) is 10.2 Å². The van der Waals surface area contributed by atoms with E-state index in [1.807, 2.05) is 24.4 Å². The normalized spacial score (nSPS) is 10.4. The SMILES string of the molecule is OCCc1cccc(-c2cn[nH]c2)c1. The fourth-order valence-corrected chi connectivity index (χ4v) is 1.44. The van der Waals surface area contributed by atoms with Gasteiger partial charge in [0.25, 0.3) is 0 Å². The number of hydrogen-bond donors (Lipinski definition) is 2. The molecule has 0 spiro atoms. The lowest BCUT2D eigenvalue weighted by atomic mass is 10.0. The number of H-pyrrole nitrogens is 1. The lowest BCUT2D eigenvalue weighted by Crippen LogP contribution is -1.90. The largest absolute Gasteiger partial charge is 0.396 e. The second-order valence-corrected chi connectivity index (χ2v) is 3.16. The predicted octanol–water partition coefficient (Wildman–Crippen LogP) is 1.61. The van der Waals surface area contributed by atoms with Crippen LogP contribution in [0.25, 0.3) is 11.1 Å². The van der Waals surface area contributed by atoms with E-state index in [0.717, 1.165) is 16.7 Å². The summed E-state index contributed by atoms with van der Waals surface area (Å²) in [7, 11) is 0. The first-order valence-electron chi connectivity index (χ1n) is 4.59. The molecule has 0 saturated heterocycles. The Morgan fingerprint density at radius 2 is 2.21 bits per heavy atom. The Bertz CT molecular complexity index is 395. The van der Waals surface area contributed by atoms with Gasteiger partial charge in [0.2, 0.25) is 0 Å². The first-order valence-corrected chi connectivity index (χ1v) is 4.59. The summed E-state index contributed by atoms with van der Waals surface area (Å²) in [6, 6.07) is 8.11. The van der Waals surface area contributed by atoms with Crippen LogP contribution in [0.4, 0.5) is 0 Å². The Hall–Kier alpha value is -1.61. The quantitative estimate of drug-likeness (QED) is 0.768. The van der Waals surface area contributed by atoms with Gasteiger partial charge in [0.05, 0.1) is 6.20 Å². The number of aliphatic hydroxyl groups is 1. The van der Waals surface area contributed by atoms with E-state index >= 15 is 0 Å². The summed E-state index contributed by atoms with van der Waals surface area (Å²) >= 11 is 0. The molecule has 3 nitrogen and oxygen atoms in total. The number of nitrogens with one attached hydrogen (secondary N) is 1. The van der Waals surface area contributed by atoms with E-state index in [4.69, 9.17) is 5.11 Å². The molecule has 2 N–H and O–H groups in total. The Morgan fingerprint density at radius 3 is 2.93 bits per heavy atom. The van der Waals surface area contributed by atoms with Crippen LogP contribution in [0.1, 0.15) is 5.56 Å². The van der Waals surface area contributed by atoms with Crippen molar-refractivity contribution in [1.29, 1.82) is 0 Å². The minimum atomic E-state index is 0.189. The van der Waals surface area contributed by atoms with Gasteiger partial charge >= 0.3 is 0 Å². The van der Waals surface area contributed by atoms with E-state index in [1.165, 1.54) is 0 Å². The van der Waals surface area contributed by atoms with E-state index in [2.05, 4.69) is 16.3 Å². The molecule has 0 saturated carbocycles. The zero-order chi connectivity index (χ0) is 9.80. The smallest absolute Gasteiger partial charge is 0.0565 e. The molecule has 2 rings (SSSR count). The van der Waals surface area contributed by atoms with Crippen LogP contribution < -0.4 is 0 Å². The van der Waals surface area contributed by atoms with Gasteiger partial charge in [-0.3, -0.25) is 5.10 Å². The third-order valence-corrected chi connectivity index (χ3v) is 2.16. The van der Waals surface area contributed by atoms with E-state index < -0.39 is 0 Å². The molecule has 0 aliphatic rings. The fraction of sp³-hybridized carbons (Fsp3) is 0.182. The maximum absolute atomic E-state index is 8.82. The number of benzene rings is 1. The van der Waals surface area contributed by atoms with Crippen molar-refractivity contribution in [2.75, 3.05) is 6.61 Å². The monoisotopic (exact) mass is 188 g/mol. The summed E-state index contributed by atoms with van der Waals surface area (Å²) in [6.07, 6.45) is 4.35. The van der Waals surface area contributed by atoms with Crippen molar-refractivity contribution in [3.63, 3.8) is 0 Å². The maximum Gasteiger partial charge on any atom is 0.0565 e. The van der Waals surface area contributed by atoms with Gasteiger partial charge in [0.1, 0.15) is 0 Å². The van der Waals surface area contributed by atoms with Crippen molar-refractivity contribution in [2.45, 2.75) is 6.42 Å². The van der Waals surface area contributed by atoms with Crippen molar-refractivity contribution in [3.8, 4) is 11.1 Å². The summed E-state index contributed by atoms with van der Waals surface area (Å²) in [5.74, 6) is 0. The molecule has 1 heterocycles. The number of aromatic amines is 1. The van der Waals surface area contributed by atoms with E-state index in [-0.39, 0.29) is 6.61 Å². The molecule has 72 valence electrons. The molecule has 2 aromatic rings. The van der Waals surface area contributed by atoms with Crippen LogP contribution in [0.5, 0.6) is 0 Å². The van der Waals surface area contributed by atoms with Crippen molar-refractivity contribution in [2.24, 2.45) is 0 Å². The minimum absolute atomic E-state index is 0.189. The molecule has 0 fully saturated rings. The zero-order valence-corrected chi connectivity index (χ0v) is 7.77. The summed E-state index contributed by atoms with van der Waals surface area (Å²) in [5.41, 5.74) is 3.35. The summed E-state index contributed by atoms with van der Waals surface area (Å²) in [4.78, 5) is 0. The summed E-state index contributed by atoms with van der Waals surface area (Å²) in [6.45, 7) is 0.189. The van der Waals surface area contributed by atoms with E-state index in [0.29, 0.717) is 6.42 Å². The number of aromatic nitrogens is 2. The molecule has 0 aliphatic carbocycles. The highest BCUT2D eigenvalue weighted by Gasteiger charge is 1.99. The lowest BCUT2D eigenvalue weighted by Gasteiger charge is -2.01. The molecule has 0 bridgehead atoms. The maximum atomic E-state index is 8.82.